The van der Waals surface area contributed by atoms with E-state index in [9.17, 15) is 4.79 Å². The van der Waals surface area contributed by atoms with Gasteiger partial charge in [-0.1, -0.05) is 13.0 Å². The van der Waals surface area contributed by atoms with Gasteiger partial charge in [-0.15, -0.1) is 11.3 Å². The van der Waals surface area contributed by atoms with Gasteiger partial charge in [-0.2, -0.15) is 0 Å². The number of ether oxygens (including phenoxy) is 2. The topological polar surface area (TPSA) is 59.6 Å². The van der Waals surface area contributed by atoms with Gasteiger partial charge < -0.3 is 20.1 Å². The molecule has 4 rings (SSSR count). The molecule has 2 aliphatic rings. The standard InChI is InChI=1S/C21H26N2O3S/c1-4-25-15-9-7-13(11-16(15)26-5-2)19-22-20(24)18-14-8-6-12(3)10-17(14)27-21(18)23-19/h7,9,11-12,19,23H,4-6,8,10H2,1-3H3,(H,22,24). The molecule has 0 fully saturated rings. The Kier molecular flexibility index (Phi) is 5.00. The molecule has 0 radical (unpaired) electrons. The number of thiophene rings is 1. The first-order chi connectivity index (χ1) is 13.1. The molecule has 0 saturated heterocycles. The van der Waals surface area contributed by atoms with Crippen molar-refractivity contribution >= 4 is 22.2 Å². The van der Waals surface area contributed by atoms with E-state index in [2.05, 4.69) is 17.6 Å². The van der Waals surface area contributed by atoms with Crippen molar-refractivity contribution in [1.82, 2.24) is 5.32 Å². The first-order valence-corrected chi connectivity index (χ1v) is 10.5. The molecule has 2 aromatic rings. The molecule has 1 aliphatic carbocycles. The van der Waals surface area contributed by atoms with Crippen LogP contribution >= 0.6 is 11.3 Å². The van der Waals surface area contributed by atoms with Crippen LogP contribution in [0.2, 0.25) is 0 Å². The number of amides is 1. The molecule has 2 atom stereocenters. The number of anilines is 1. The molecule has 0 bridgehead atoms. The zero-order valence-corrected chi connectivity index (χ0v) is 16.9. The molecular formula is C21H26N2O3S. The highest BCUT2D eigenvalue weighted by molar-refractivity contribution is 7.16. The normalized spacial score (nSPS) is 20.9. The number of carbonyl (C=O) groups excluding carboxylic acids is 1. The summed E-state index contributed by atoms with van der Waals surface area (Å²) in [4.78, 5) is 14.2. The predicted molar refractivity (Wildman–Crippen MR) is 108 cm³/mol. The van der Waals surface area contributed by atoms with Crippen molar-refractivity contribution in [2.24, 2.45) is 5.92 Å². The number of hydrogen-bond donors (Lipinski definition) is 2. The van der Waals surface area contributed by atoms with Crippen molar-refractivity contribution in [3.63, 3.8) is 0 Å². The van der Waals surface area contributed by atoms with Crippen LogP contribution in [0.5, 0.6) is 11.5 Å². The van der Waals surface area contributed by atoms with E-state index in [1.165, 1.54) is 10.4 Å². The molecule has 144 valence electrons. The van der Waals surface area contributed by atoms with Gasteiger partial charge in [0.25, 0.3) is 5.91 Å². The van der Waals surface area contributed by atoms with E-state index in [1.54, 1.807) is 11.3 Å². The van der Waals surface area contributed by atoms with Gasteiger partial charge in [0.15, 0.2) is 11.5 Å². The maximum Gasteiger partial charge on any atom is 0.256 e. The summed E-state index contributed by atoms with van der Waals surface area (Å²) in [7, 11) is 0. The highest BCUT2D eigenvalue weighted by Gasteiger charge is 2.33. The summed E-state index contributed by atoms with van der Waals surface area (Å²) in [5.74, 6) is 2.15. The van der Waals surface area contributed by atoms with Crippen molar-refractivity contribution in [2.45, 2.75) is 46.2 Å². The van der Waals surface area contributed by atoms with Gasteiger partial charge in [-0.05, 0) is 62.3 Å². The predicted octanol–water partition coefficient (Wildman–Crippen LogP) is 4.52. The lowest BCUT2D eigenvalue weighted by Crippen LogP contribution is -2.38. The molecule has 1 amide bonds. The monoisotopic (exact) mass is 386 g/mol. The first kappa shape index (κ1) is 18.2. The van der Waals surface area contributed by atoms with Gasteiger partial charge in [0.05, 0.1) is 18.8 Å². The largest absolute Gasteiger partial charge is 0.490 e. The number of fused-ring (bicyclic) bond motifs is 3. The van der Waals surface area contributed by atoms with E-state index in [4.69, 9.17) is 9.47 Å². The van der Waals surface area contributed by atoms with Crippen LogP contribution in [0.1, 0.15) is 59.7 Å². The SMILES string of the molecule is CCOc1ccc(C2NC(=O)c3c(sc4c3CCC(C)C4)N2)cc1OCC. The molecule has 2 unspecified atom stereocenters. The van der Waals surface area contributed by atoms with Gasteiger partial charge in [0.2, 0.25) is 0 Å². The zero-order chi connectivity index (χ0) is 19.0. The van der Waals surface area contributed by atoms with Crippen molar-refractivity contribution in [1.29, 1.82) is 0 Å². The minimum absolute atomic E-state index is 0.0210. The van der Waals surface area contributed by atoms with E-state index in [-0.39, 0.29) is 12.1 Å². The Morgan fingerprint density at radius 2 is 1.93 bits per heavy atom. The molecule has 2 N–H and O–H groups in total. The van der Waals surface area contributed by atoms with Gasteiger partial charge in [-0.25, -0.2) is 0 Å². The summed E-state index contributed by atoms with van der Waals surface area (Å²) in [6.45, 7) is 7.33. The van der Waals surface area contributed by atoms with Gasteiger partial charge >= 0.3 is 0 Å². The fourth-order valence-electron chi connectivity index (χ4n) is 3.88. The number of benzene rings is 1. The van der Waals surface area contributed by atoms with Crippen molar-refractivity contribution in [2.75, 3.05) is 18.5 Å². The minimum Gasteiger partial charge on any atom is -0.490 e. The summed E-state index contributed by atoms with van der Waals surface area (Å²) >= 11 is 1.74. The van der Waals surface area contributed by atoms with Crippen LogP contribution in [-0.4, -0.2) is 19.1 Å². The van der Waals surface area contributed by atoms with Gasteiger partial charge in [-0.3, -0.25) is 4.79 Å². The fourth-order valence-corrected chi connectivity index (χ4v) is 5.31. The summed E-state index contributed by atoms with van der Waals surface area (Å²) in [6, 6.07) is 5.84. The number of hydrogen-bond acceptors (Lipinski definition) is 5. The van der Waals surface area contributed by atoms with Crippen molar-refractivity contribution in [3.8, 4) is 11.5 Å². The molecule has 0 saturated carbocycles. The third kappa shape index (κ3) is 3.38. The molecule has 0 spiro atoms. The van der Waals surface area contributed by atoms with Crippen LogP contribution in [0, 0.1) is 5.92 Å². The quantitative estimate of drug-likeness (QED) is 0.793. The van der Waals surface area contributed by atoms with Crippen LogP contribution in [0.25, 0.3) is 0 Å². The molecule has 1 aromatic heterocycles. The Morgan fingerprint density at radius 3 is 2.70 bits per heavy atom. The number of nitrogens with one attached hydrogen (secondary N) is 2. The summed E-state index contributed by atoms with van der Waals surface area (Å²) < 4.78 is 11.4. The summed E-state index contributed by atoms with van der Waals surface area (Å²) in [5, 5.41) is 7.64. The molecule has 1 aliphatic heterocycles. The Bertz CT molecular complexity index is 861. The molecule has 6 heteroatoms. The smallest absolute Gasteiger partial charge is 0.256 e. The lowest BCUT2D eigenvalue weighted by Gasteiger charge is -2.27. The second kappa shape index (κ2) is 7.43. The van der Waals surface area contributed by atoms with Crippen molar-refractivity contribution < 1.29 is 14.3 Å². The van der Waals surface area contributed by atoms with E-state index < -0.39 is 0 Å². The second-order valence-electron chi connectivity index (χ2n) is 7.18. The molecule has 2 heterocycles. The Labute approximate surface area is 164 Å². The van der Waals surface area contributed by atoms with E-state index in [1.807, 2.05) is 32.0 Å². The van der Waals surface area contributed by atoms with Gasteiger partial charge in [0.1, 0.15) is 11.2 Å². The van der Waals surface area contributed by atoms with E-state index >= 15 is 0 Å². The Morgan fingerprint density at radius 1 is 1.15 bits per heavy atom. The highest BCUT2D eigenvalue weighted by atomic mass is 32.1. The molecule has 5 nitrogen and oxygen atoms in total. The third-order valence-electron chi connectivity index (χ3n) is 5.19. The lowest BCUT2D eigenvalue weighted by atomic mass is 9.88. The second-order valence-corrected chi connectivity index (χ2v) is 8.28. The minimum atomic E-state index is -0.266. The van der Waals surface area contributed by atoms with Crippen LogP contribution in [0.4, 0.5) is 5.00 Å². The molecule has 1 aromatic carbocycles. The van der Waals surface area contributed by atoms with Crippen LogP contribution in [0.15, 0.2) is 18.2 Å². The number of rotatable bonds is 5. The lowest BCUT2D eigenvalue weighted by molar-refractivity contribution is 0.0935. The zero-order valence-electron chi connectivity index (χ0n) is 16.1. The molecular weight excluding hydrogens is 360 g/mol. The van der Waals surface area contributed by atoms with Crippen LogP contribution < -0.4 is 20.1 Å². The Hall–Kier alpha value is -2.21. The average molecular weight is 387 g/mol. The third-order valence-corrected chi connectivity index (χ3v) is 6.38. The van der Waals surface area contributed by atoms with Crippen molar-refractivity contribution in [3.05, 3.63) is 39.8 Å². The van der Waals surface area contributed by atoms with Crippen LogP contribution in [-0.2, 0) is 12.8 Å². The average Bonchev–Trinajstić information content (AvgIpc) is 3.01. The summed E-state index contributed by atoms with van der Waals surface area (Å²) in [5.41, 5.74) is 3.06. The summed E-state index contributed by atoms with van der Waals surface area (Å²) in [6.07, 6.45) is 2.96. The Balaban J connectivity index is 1.64. The maximum atomic E-state index is 12.9. The number of carbonyl (C=O) groups is 1. The maximum absolute atomic E-state index is 12.9. The highest BCUT2D eigenvalue weighted by Crippen LogP contribution is 2.43. The van der Waals surface area contributed by atoms with Gasteiger partial charge in [0, 0.05) is 4.88 Å². The first-order valence-electron chi connectivity index (χ1n) is 9.72. The van der Waals surface area contributed by atoms with E-state index in [0.717, 1.165) is 41.1 Å². The molecule has 27 heavy (non-hydrogen) atoms. The fraction of sp³-hybridized carbons (Fsp3) is 0.476. The van der Waals surface area contributed by atoms with E-state index in [0.29, 0.717) is 24.9 Å². The van der Waals surface area contributed by atoms with Crippen LogP contribution in [0.3, 0.4) is 0 Å².